The minimum absolute atomic E-state index is 0.147. The van der Waals surface area contributed by atoms with Gasteiger partial charge in [-0.15, -0.1) is 0 Å². The van der Waals surface area contributed by atoms with E-state index >= 15 is 0 Å². The van der Waals surface area contributed by atoms with E-state index < -0.39 is 46.2 Å². The highest BCUT2D eigenvalue weighted by molar-refractivity contribution is 5.85. The molecule has 7 aliphatic rings. The molecule has 5 N–H and O–H groups in total. The van der Waals surface area contributed by atoms with Crippen LogP contribution < -0.4 is 10.9 Å². The SMILES string of the molecule is C[C@H](CCCc1ccccc1)CC[C@H](O)[C@@]12[C@@H](O)CC[C@@]3(C)[C@@H]4CC5(CCCC5)C[C@@H]4NN[C@@](OC(=O)C4CCCCC4)(C[C@@H](C)[C@]1(O)CCC1=CC(=O)OC1)[C@@H]32. The summed E-state index contributed by atoms with van der Waals surface area (Å²) in [7, 11) is 0. The van der Waals surface area contributed by atoms with Gasteiger partial charge in [0.25, 0.3) is 0 Å². The summed E-state index contributed by atoms with van der Waals surface area (Å²) in [4.78, 5) is 26.7. The van der Waals surface area contributed by atoms with Gasteiger partial charge in [-0.2, -0.15) is 0 Å². The number of carbonyl (C=O) groups excluding carboxylic acids is 2. The van der Waals surface area contributed by atoms with E-state index in [1.165, 1.54) is 37.3 Å². The Balaban J connectivity index is 1.20. The highest BCUT2D eigenvalue weighted by atomic mass is 16.6. The Morgan fingerprint density at radius 3 is 2.44 bits per heavy atom. The number of fused-ring (bicyclic) bond motifs is 2. The number of aliphatic hydroxyl groups excluding tert-OH is 2. The molecule has 5 saturated carbocycles. The third-order valence-electron chi connectivity index (χ3n) is 17.3. The lowest BCUT2D eigenvalue weighted by atomic mass is 9.36. The first-order valence-electron chi connectivity index (χ1n) is 23.1. The molecule has 11 atom stereocenters. The minimum atomic E-state index is -1.53. The fraction of sp³-hybridized carbons (Fsp3) is 0.792. The fourth-order valence-electron chi connectivity index (χ4n) is 14.5. The molecule has 0 amide bonds. The number of cyclic esters (lactones) is 1. The molecule has 0 radical (unpaired) electrons. The van der Waals surface area contributed by atoms with Crippen molar-refractivity contribution >= 4 is 11.9 Å². The number of rotatable bonds is 13. The predicted molar refractivity (Wildman–Crippen MR) is 219 cm³/mol. The molecule has 0 bridgehead atoms. The molecule has 1 aromatic rings. The smallest absolute Gasteiger partial charge is 0.331 e. The van der Waals surface area contributed by atoms with Gasteiger partial charge in [-0.25, -0.2) is 10.2 Å². The Bertz CT molecular complexity index is 1620. The number of aliphatic hydroxyl groups is 3. The van der Waals surface area contributed by atoms with E-state index in [1.807, 2.05) is 13.0 Å². The van der Waals surface area contributed by atoms with Gasteiger partial charge >= 0.3 is 11.9 Å². The Morgan fingerprint density at radius 1 is 0.965 bits per heavy atom. The molecule has 2 aliphatic heterocycles. The summed E-state index contributed by atoms with van der Waals surface area (Å²) < 4.78 is 12.4. The molecule has 8 rings (SSSR count). The van der Waals surface area contributed by atoms with Crippen LogP contribution in [0.1, 0.15) is 155 Å². The molecule has 57 heavy (non-hydrogen) atoms. The zero-order valence-corrected chi connectivity index (χ0v) is 35.1. The van der Waals surface area contributed by atoms with Crippen LogP contribution in [0.4, 0.5) is 0 Å². The number of ether oxygens (including phenoxy) is 2. The number of hydrogen-bond acceptors (Lipinski definition) is 9. The minimum Gasteiger partial charge on any atom is -0.458 e. The van der Waals surface area contributed by atoms with Gasteiger partial charge in [0.15, 0.2) is 5.72 Å². The van der Waals surface area contributed by atoms with Crippen molar-refractivity contribution in [3.05, 3.63) is 47.5 Å². The molecule has 2 heterocycles. The molecule has 1 spiro atoms. The molecule has 9 heteroatoms. The largest absolute Gasteiger partial charge is 0.458 e. The second-order valence-electron chi connectivity index (χ2n) is 20.7. The summed E-state index contributed by atoms with van der Waals surface area (Å²) in [5.74, 6) is -1.24. The van der Waals surface area contributed by atoms with Crippen LogP contribution in [0.2, 0.25) is 0 Å². The third-order valence-corrected chi connectivity index (χ3v) is 17.3. The lowest BCUT2D eigenvalue weighted by Crippen LogP contribution is -2.82. The zero-order chi connectivity index (χ0) is 40.1. The summed E-state index contributed by atoms with van der Waals surface area (Å²) in [6.45, 7) is 6.84. The summed E-state index contributed by atoms with van der Waals surface area (Å²) in [6, 6.07) is 10.7. The van der Waals surface area contributed by atoms with Crippen LogP contribution in [-0.4, -0.2) is 63.4 Å². The first kappa shape index (κ1) is 41.4. The lowest BCUT2D eigenvalue weighted by Gasteiger charge is -2.72. The average Bonchev–Trinajstić information content (AvgIpc) is 3.94. The normalized spacial score (nSPS) is 39.8. The quantitative estimate of drug-likeness (QED) is 0.127. The number of hydrogen-bond donors (Lipinski definition) is 5. The van der Waals surface area contributed by atoms with Crippen molar-refractivity contribution in [2.75, 3.05) is 6.61 Å². The summed E-state index contributed by atoms with van der Waals surface area (Å²) >= 11 is 0. The van der Waals surface area contributed by atoms with Gasteiger partial charge in [0.2, 0.25) is 0 Å². The molecular formula is C48H72N2O7. The zero-order valence-electron chi connectivity index (χ0n) is 35.1. The van der Waals surface area contributed by atoms with Gasteiger partial charge in [-0.1, -0.05) is 89.6 Å². The monoisotopic (exact) mass is 789 g/mol. The van der Waals surface area contributed by atoms with E-state index in [4.69, 9.17) is 9.47 Å². The molecule has 1 saturated heterocycles. The third kappa shape index (κ3) is 7.35. The molecule has 0 aromatic heterocycles. The number of benzene rings is 1. The Morgan fingerprint density at radius 2 is 1.72 bits per heavy atom. The maximum atomic E-state index is 14.5. The summed E-state index contributed by atoms with van der Waals surface area (Å²) in [5, 5.41) is 40.0. The van der Waals surface area contributed by atoms with Crippen molar-refractivity contribution in [2.45, 2.75) is 185 Å². The average molecular weight is 789 g/mol. The van der Waals surface area contributed by atoms with E-state index in [0.29, 0.717) is 31.6 Å². The van der Waals surface area contributed by atoms with Crippen molar-refractivity contribution in [3.8, 4) is 0 Å². The van der Waals surface area contributed by atoms with E-state index in [1.54, 1.807) is 0 Å². The van der Waals surface area contributed by atoms with E-state index in [9.17, 15) is 24.9 Å². The molecular weight excluding hydrogens is 717 g/mol. The van der Waals surface area contributed by atoms with Gasteiger partial charge in [0, 0.05) is 24.5 Å². The fourth-order valence-corrected chi connectivity index (χ4v) is 14.5. The second kappa shape index (κ2) is 16.3. The Hall–Kier alpha value is -2.30. The highest BCUT2D eigenvalue weighted by Crippen LogP contribution is 2.73. The van der Waals surface area contributed by atoms with E-state index in [-0.39, 0.29) is 48.3 Å². The van der Waals surface area contributed by atoms with Crippen LogP contribution in [0, 0.1) is 45.8 Å². The number of esters is 2. The van der Waals surface area contributed by atoms with Crippen LogP contribution >= 0.6 is 0 Å². The van der Waals surface area contributed by atoms with Gasteiger partial charge in [-0.3, -0.25) is 10.2 Å². The standard InChI is InChI=1S/C48H72N2O7/c1-32(13-12-16-34-14-6-4-7-15-34)19-20-39(51)48-40(52)22-25-44(3)37-29-45(23-10-11-24-45)30-38(37)49-50-47(43(44)48,57-42(54)36-17-8-5-9-18-36)28-33(2)46(48,55)26-21-35-27-41(53)56-31-35/h4,6-7,14-15,27,32-33,36-40,43,49-52,55H,5,8-13,16-26,28-31H2,1-3H3/t32-,33-,37-,38+,39+,40+,43-,44+,46-,47-,48+/m1/s1. The van der Waals surface area contributed by atoms with E-state index in [0.717, 1.165) is 82.6 Å². The van der Waals surface area contributed by atoms with Crippen LogP contribution in [0.5, 0.6) is 0 Å². The maximum Gasteiger partial charge on any atom is 0.331 e. The second-order valence-corrected chi connectivity index (χ2v) is 20.7. The lowest BCUT2D eigenvalue weighted by molar-refractivity contribution is -0.352. The Kier molecular flexibility index (Phi) is 11.8. The van der Waals surface area contributed by atoms with Crippen molar-refractivity contribution in [3.63, 3.8) is 0 Å². The van der Waals surface area contributed by atoms with Gasteiger partial charge in [0.1, 0.15) is 6.61 Å². The summed E-state index contributed by atoms with van der Waals surface area (Å²) in [5.41, 5.74) is 5.35. The van der Waals surface area contributed by atoms with Gasteiger partial charge in [-0.05, 0) is 130 Å². The predicted octanol–water partition coefficient (Wildman–Crippen LogP) is 7.85. The van der Waals surface area contributed by atoms with Crippen LogP contribution in [0.3, 0.4) is 0 Å². The van der Waals surface area contributed by atoms with Crippen molar-refractivity contribution in [2.24, 2.45) is 45.8 Å². The Labute approximate surface area is 341 Å². The number of carbonyl (C=O) groups is 2. The topological polar surface area (TPSA) is 137 Å². The number of hydrazine groups is 1. The molecule has 5 aliphatic carbocycles. The molecule has 316 valence electrons. The number of nitrogens with one attached hydrogen (secondary N) is 2. The molecule has 9 nitrogen and oxygen atoms in total. The van der Waals surface area contributed by atoms with Gasteiger partial charge < -0.3 is 24.8 Å². The van der Waals surface area contributed by atoms with Crippen LogP contribution in [0.25, 0.3) is 0 Å². The van der Waals surface area contributed by atoms with Crippen LogP contribution in [0.15, 0.2) is 42.0 Å². The molecule has 1 aromatic carbocycles. The van der Waals surface area contributed by atoms with Crippen molar-refractivity contribution in [1.82, 2.24) is 10.9 Å². The maximum absolute atomic E-state index is 14.5. The van der Waals surface area contributed by atoms with Crippen LogP contribution in [-0.2, 0) is 25.5 Å². The van der Waals surface area contributed by atoms with E-state index in [2.05, 4.69) is 49.0 Å². The first-order valence-corrected chi connectivity index (χ1v) is 23.1. The van der Waals surface area contributed by atoms with Crippen molar-refractivity contribution < 1.29 is 34.4 Å². The molecule has 0 unspecified atom stereocenters. The highest BCUT2D eigenvalue weighted by Gasteiger charge is 2.80. The number of aryl methyl sites for hydroxylation is 1. The first-order chi connectivity index (χ1) is 27.3. The molecule has 6 fully saturated rings. The summed E-state index contributed by atoms with van der Waals surface area (Å²) in [6.07, 6.45) is 17.7. The van der Waals surface area contributed by atoms with Gasteiger partial charge in [0.05, 0.1) is 29.1 Å². The van der Waals surface area contributed by atoms with Crippen molar-refractivity contribution in [1.29, 1.82) is 0 Å².